The third kappa shape index (κ3) is 3.48. The van der Waals surface area contributed by atoms with Crippen LogP contribution in [-0.4, -0.2) is 47.1 Å². The molecule has 2 aliphatic heterocycles. The van der Waals surface area contributed by atoms with E-state index in [1.165, 1.54) is 0 Å². The normalized spacial score (nSPS) is 25.3. The molecule has 1 amide bonds. The van der Waals surface area contributed by atoms with Crippen molar-refractivity contribution in [3.63, 3.8) is 0 Å². The van der Waals surface area contributed by atoms with E-state index in [0.29, 0.717) is 18.7 Å². The Labute approximate surface area is 131 Å². The fraction of sp³-hybridized carbons (Fsp3) is 0.812. The van der Waals surface area contributed by atoms with Gasteiger partial charge in [-0.15, -0.1) is 0 Å². The van der Waals surface area contributed by atoms with Crippen LogP contribution in [0.3, 0.4) is 0 Å². The van der Waals surface area contributed by atoms with Crippen molar-refractivity contribution >= 4 is 5.91 Å². The molecule has 0 aliphatic carbocycles. The van der Waals surface area contributed by atoms with Gasteiger partial charge in [-0.25, -0.2) is 0 Å². The van der Waals surface area contributed by atoms with Crippen molar-refractivity contribution < 1.29 is 9.32 Å². The van der Waals surface area contributed by atoms with E-state index in [9.17, 15) is 4.79 Å². The van der Waals surface area contributed by atoms with Gasteiger partial charge in [0.15, 0.2) is 5.82 Å². The topological polar surface area (TPSA) is 71.3 Å². The maximum absolute atomic E-state index is 12.4. The molecule has 2 fully saturated rings. The van der Waals surface area contributed by atoms with E-state index in [4.69, 9.17) is 4.52 Å². The molecular weight excluding hydrogens is 280 g/mol. The Kier molecular flexibility index (Phi) is 4.76. The molecule has 2 saturated heterocycles. The zero-order valence-electron chi connectivity index (χ0n) is 13.5. The summed E-state index contributed by atoms with van der Waals surface area (Å²) in [5.41, 5.74) is 0. The fourth-order valence-corrected chi connectivity index (χ4v) is 3.44. The lowest BCUT2D eigenvalue weighted by Gasteiger charge is -2.20. The van der Waals surface area contributed by atoms with Crippen LogP contribution in [0.4, 0.5) is 0 Å². The minimum absolute atomic E-state index is 0.220. The third-order valence-electron chi connectivity index (χ3n) is 4.92. The van der Waals surface area contributed by atoms with Gasteiger partial charge in [0, 0.05) is 31.8 Å². The van der Waals surface area contributed by atoms with Gasteiger partial charge in [-0.3, -0.25) is 4.79 Å². The van der Waals surface area contributed by atoms with E-state index in [1.807, 2.05) is 18.7 Å². The van der Waals surface area contributed by atoms with Crippen molar-refractivity contribution in [2.24, 2.45) is 11.8 Å². The van der Waals surface area contributed by atoms with Crippen molar-refractivity contribution in [1.29, 1.82) is 0 Å². The summed E-state index contributed by atoms with van der Waals surface area (Å²) >= 11 is 0. The van der Waals surface area contributed by atoms with Gasteiger partial charge in [-0.05, 0) is 37.8 Å². The largest absolute Gasteiger partial charge is 0.343 e. The summed E-state index contributed by atoms with van der Waals surface area (Å²) in [6.45, 7) is 8.08. The molecule has 0 saturated carbocycles. The maximum atomic E-state index is 12.4. The summed E-state index contributed by atoms with van der Waals surface area (Å²) in [5, 5.41) is 7.40. The highest BCUT2D eigenvalue weighted by Crippen LogP contribution is 2.27. The molecule has 0 aromatic carbocycles. The van der Waals surface area contributed by atoms with Crippen LogP contribution in [0.5, 0.6) is 0 Å². The Bertz CT molecular complexity index is 500. The SMILES string of the molecule is CC(C)c1noc(CCC(=O)N2CC[C@@H]3CNC[C@@H]3CC2)n1. The summed E-state index contributed by atoms with van der Waals surface area (Å²) in [6, 6.07) is 0. The quantitative estimate of drug-likeness (QED) is 0.914. The Morgan fingerprint density at radius 2 is 2.00 bits per heavy atom. The van der Waals surface area contributed by atoms with Crippen LogP contribution in [0.1, 0.15) is 50.7 Å². The van der Waals surface area contributed by atoms with Gasteiger partial charge in [0.1, 0.15) is 0 Å². The first kappa shape index (κ1) is 15.5. The number of hydrogen-bond donors (Lipinski definition) is 1. The summed E-state index contributed by atoms with van der Waals surface area (Å²) in [6.07, 6.45) is 3.26. The molecule has 122 valence electrons. The number of aromatic nitrogens is 2. The van der Waals surface area contributed by atoms with Gasteiger partial charge in [-0.1, -0.05) is 19.0 Å². The van der Waals surface area contributed by atoms with Crippen LogP contribution < -0.4 is 5.32 Å². The number of nitrogens with zero attached hydrogens (tertiary/aromatic N) is 3. The molecule has 0 spiro atoms. The monoisotopic (exact) mass is 306 g/mol. The number of rotatable bonds is 4. The van der Waals surface area contributed by atoms with E-state index >= 15 is 0 Å². The number of amides is 1. The number of carbonyl (C=O) groups is 1. The number of hydrogen-bond acceptors (Lipinski definition) is 5. The van der Waals surface area contributed by atoms with Gasteiger partial charge in [0.25, 0.3) is 0 Å². The predicted molar refractivity (Wildman–Crippen MR) is 82.4 cm³/mol. The molecule has 6 heteroatoms. The molecule has 2 aliphatic rings. The molecule has 2 atom stereocenters. The number of fused-ring (bicyclic) bond motifs is 1. The van der Waals surface area contributed by atoms with E-state index in [2.05, 4.69) is 15.5 Å². The predicted octanol–water partition coefficient (Wildman–Crippen LogP) is 1.58. The van der Waals surface area contributed by atoms with Crippen LogP contribution in [-0.2, 0) is 11.2 Å². The zero-order chi connectivity index (χ0) is 15.5. The van der Waals surface area contributed by atoms with Crippen LogP contribution in [0.25, 0.3) is 0 Å². The number of carbonyl (C=O) groups excluding carboxylic acids is 1. The zero-order valence-corrected chi connectivity index (χ0v) is 13.5. The second-order valence-electron chi connectivity index (χ2n) is 6.84. The molecule has 3 rings (SSSR count). The fourth-order valence-electron chi connectivity index (χ4n) is 3.44. The van der Waals surface area contributed by atoms with Gasteiger partial charge >= 0.3 is 0 Å². The first-order chi connectivity index (χ1) is 10.6. The molecule has 0 unspecified atom stereocenters. The summed E-state index contributed by atoms with van der Waals surface area (Å²) in [5.74, 6) is 3.28. The van der Waals surface area contributed by atoms with E-state index in [0.717, 1.165) is 56.7 Å². The summed E-state index contributed by atoms with van der Waals surface area (Å²) in [7, 11) is 0. The highest BCUT2D eigenvalue weighted by Gasteiger charge is 2.31. The summed E-state index contributed by atoms with van der Waals surface area (Å²) in [4.78, 5) is 18.8. The molecule has 22 heavy (non-hydrogen) atoms. The first-order valence-electron chi connectivity index (χ1n) is 8.44. The van der Waals surface area contributed by atoms with Crippen molar-refractivity contribution in [1.82, 2.24) is 20.4 Å². The molecule has 0 radical (unpaired) electrons. The molecule has 0 bridgehead atoms. The first-order valence-corrected chi connectivity index (χ1v) is 8.44. The number of aryl methyl sites for hydroxylation is 1. The van der Waals surface area contributed by atoms with E-state index in [1.54, 1.807) is 0 Å². The average Bonchev–Trinajstić information content (AvgIpc) is 3.11. The summed E-state index contributed by atoms with van der Waals surface area (Å²) < 4.78 is 5.21. The maximum Gasteiger partial charge on any atom is 0.227 e. The van der Waals surface area contributed by atoms with Crippen LogP contribution in [0, 0.1) is 11.8 Å². The number of nitrogens with one attached hydrogen (secondary N) is 1. The van der Waals surface area contributed by atoms with Gasteiger partial charge in [-0.2, -0.15) is 4.98 Å². The Hall–Kier alpha value is -1.43. The van der Waals surface area contributed by atoms with Crippen LogP contribution >= 0.6 is 0 Å². The molecule has 6 nitrogen and oxygen atoms in total. The van der Waals surface area contributed by atoms with Crippen LogP contribution in [0.15, 0.2) is 4.52 Å². The highest BCUT2D eigenvalue weighted by atomic mass is 16.5. The van der Waals surface area contributed by atoms with E-state index in [-0.39, 0.29) is 11.8 Å². The van der Waals surface area contributed by atoms with Crippen molar-refractivity contribution in [2.75, 3.05) is 26.2 Å². The van der Waals surface area contributed by atoms with Gasteiger partial charge in [0.05, 0.1) is 0 Å². The molecule has 1 aromatic heterocycles. The molecular formula is C16H26N4O2. The number of likely N-dealkylation sites (tertiary alicyclic amines) is 1. The van der Waals surface area contributed by atoms with Crippen molar-refractivity contribution in [2.45, 2.75) is 45.4 Å². The van der Waals surface area contributed by atoms with Crippen LogP contribution in [0.2, 0.25) is 0 Å². The Morgan fingerprint density at radius 3 is 2.59 bits per heavy atom. The lowest BCUT2D eigenvalue weighted by atomic mass is 9.92. The molecule has 1 aromatic rings. The average molecular weight is 306 g/mol. The van der Waals surface area contributed by atoms with Gasteiger partial charge < -0.3 is 14.7 Å². The second kappa shape index (κ2) is 6.77. The Balaban J connectivity index is 1.49. The lowest BCUT2D eigenvalue weighted by Crippen LogP contribution is -2.32. The van der Waals surface area contributed by atoms with Crippen molar-refractivity contribution in [3.05, 3.63) is 11.7 Å². The third-order valence-corrected chi connectivity index (χ3v) is 4.92. The lowest BCUT2D eigenvalue weighted by molar-refractivity contribution is -0.131. The minimum Gasteiger partial charge on any atom is -0.343 e. The molecule has 1 N–H and O–H groups in total. The van der Waals surface area contributed by atoms with E-state index < -0.39 is 0 Å². The second-order valence-corrected chi connectivity index (χ2v) is 6.84. The minimum atomic E-state index is 0.220. The highest BCUT2D eigenvalue weighted by molar-refractivity contribution is 5.76. The van der Waals surface area contributed by atoms with Gasteiger partial charge in [0.2, 0.25) is 11.8 Å². The smallest absolute Gasteiger partial charge is 0.227 e. The van der Waals surface area contributed by atoms with Crippen molar-refractivity contribution in [3.8, 4) is 0 Å². The Morgan fingerprint density at radius 1 is 1.32 bits per heavy atom. The molecule has 3 heterocycles. The standard InChI is InChI=1S/C16H26N4O2/c1-11(2)16-18-14(22-19-16)3-4-15(21)20-7-5-12-9-17-10-13(12)6-8-20/h11-13,17H,3-10H2,1-2H3/t12-,13+.